The van der Waals surface area contributed by atoms with Gasteiger partial charge in [-0.25, -0.2) is 0 Å². The molecule has 2 aliphatic heterocycles. The van der Waals surface area contributed by atoms with E-state index in [-0.39, 0.29) is 6.04 Å². The molecule has 2 aliphatic rings. The molecule has 1 spiro atoms. The maximum Gasteiger partial charge on any atom is 0.120 e. The number of hydrogen-bond acceptors (Lipinski definition) is 3. The average Bonchev–Trinajstić information content (AvgIpc) is 2.99. The zero-order valence-corrected chi connectivity index (χ0v) is 14.2. The van der Waals surface area contributed by atoms with Gasteiger partial charge in [-0.3, -0.25) is 4.98 Å². The van der Waals surface area contributed by atoms with Crippen LogP contribution >= 0.6 is 0 Å². The van der Waals surface area contributed by atoms with Gasteiger partial charge in [0.25, 0.3) is 0 Å². The van der Waals surface area contributed by atoms with E-state index in [2.05, 4.69) is 58.4 Å². The first-order valence-corrected chi connectivity index (χ1v) is 10.8. The number of pyridine rings is 1. The van der Waals surface area contributed by atoms with Crippen molar-refractivity contribution in [1.29, 1.82) is 0 Å². The third kappa shape index (κ3) is 1.89. The van der Waals surface area contributed by atoms with Crippen LogP contribution in [-0.2, 0) is 10.3 Å². The highest BCUT2D eigenvalue weighted by molar-refractivity contribution is 7.01. The highest BCUT2D eigenvalue weighted by Gasteiger charge is 2.52. The number of aromatic nitrogens is 1. The van der Waals surface area contributed by atoms with Crippen molar-refractivity contribution in [3.05, 3.63) is 64.3 Å². The van der Waals surface area contributed by atoms with Gasteiger partial charge in [0.2, 0.25) is 0 Å². The Labute approximate surface area is 136 Å². The van der Waals surface area contributed by atoms with E-state index in [1.54, 1.807) is 0 Å². The molecule has 6 heteroatoms. The predicted molar refractivity (Wildman–Crippen MR) is 91.7 cm³/mol. The molecule has 0 aliphatic carbocycles. The van der Waals surface area contributed by atoms with Crippen LogP contribution in [0.3, 0.4) is 0 Å². The van der Waals surface area contributed by atoms with Crippen LogP contribution in [0.2, 0.25) is 13.1 Å². The zero-order chi connectivity index (χ0) is 16.1. The number of ether oxygens (including phenoxy) is 1. The van der Waals surface area contributed by atoms with Crippen LogP contribution in [0.4, 0.5) is 0 Å². The number of nitrogens with zero attached hydrogens (tertiary/aromatic N) is 4. The van der Waals surface area contributed by atoms with Crippen molar-refractivity contribution in [3.8, 4) is 0 Å². The molecule has 1 aromatic carbocycles. The van der Waals surface area contributed by atoms with Gasteiger partial charge in [0.05, 0.1) is 12.6 Å². The van der Waals surface area contributed by atoms with Crippen LogP contribution in [-0.4, -0.2) is 25.7 Å². The van der Waals surface area contributed by atoms with Crippen molar-refractivity contribution in [1.82, 2.24) is 4.98 Å². The molecule has 0 amide bonds. The van der Waals surface area contributed by atoms with Crippen molar-refractivity contribution >= 4 is 18.4 Å². The van der Waals surface area contributed by atoms with E-state index >= 15 is 0 Å². The molecule has 0 bridgehead atoms. The van der Waals surface area contributed by atoms with E-state index < -0.39 is 13.7 Å². The smallest absolute Gasteiger partial charge is 0.120 e. The summed E-state index contributed by atoms with van der Waals surface area (Å²) in [6, 6.07) is 10.6. The van der Waals surface area contributed by atoms with E-state index in [1.807, 2.05) is 12.4 Å². The molecule has 0 radical (unpaired) electrons. The van der Waals surface area contributed by atoms with Gasteiger partial charge in [-0.15, -0.1) is 0 Å². The molecule has 2 unspecified atom stereocenters. The number of rotatable bonds is 1. The molecular weight excluding hydrogens is 304 g/mol. The highest BCUT2D eigenvalue weighted by atomic mass is 28.3. The van der Waals surface area contributed by atoms with Gasteiger partial charge < -0.3 is 4.74 Å². The average molecular weight is 322 g/mol. The van der Waals surface area contributed by atoms with Crippen LogP contribution in [0, 0.1) is 0 Å². The Morgan fingerprint density at radius 2 is 2.04 bits per heavy atom. The van der Waals surface area contributed by atoms with Crippen molar-refractivity contribution in [2.45, 2.75) is 31.2 Å². The first-order chi connectivity index (χ1) is 11.1. The first kappa shape index (κ1) is 14.4. The van der Waals surface area contributed by atoms with Crippen LogP contribution in [0.1, 0.15) is 17.5 Å². The molecule has 116 valence electrons. The SMILES string of the molecule is C[Si]1(C)c2ccccc2C2(CC(N=[N+]=[N-])CO2)c2cnccc21. The molecule has 0 saturated carbocycles. The van der Waals surface area contributed by atoms with Gasteiger partial charge in [0, 0.05) is 22.9 Å². The molecule has 2 atom stereocenters. The molecule has 1 aromatic heterocycles. The second-order valence-electron chi connectivity index (χ2n) is 6.79. The van der Waals surface area contributed by atoms with E-state index in [0.717, 1.165) is 5.56 Å². The lowest BCUT2D eigenvalue weighted by Gasteiger charge is -2.43. The Balaban J connectivity index is 2.00. The third-order valence-corrected chi connectivity index (χ3v) is 8.79. The predicted octanol–water partition coefficient (Wildman–Crippen LogP) is 2.56. The Morgan fingerprint density at radius 3 is 2.87 bits per heavy atom. The van der Waals surface area contributed by atoms with Crippen LogP contribution < -0.4 is 10.4 Å². The monoisotopic (exact) mass is 322 g/mol. The van der Waals surface area contributed by atoms with Gasteiger partial charge in [0.15, 0.2) is 0 Å². The zero-order valence-electron chi connectivity index (χ0n) is 13.2. The summed E-state index contributed by atoms with van der Waals surface area (Å²) in [4.78, 5) is 7.34. The first-order valence-electron chi connectivity index (χ1n) is 7.83. The lowest BCUT2D eigenvalue weighted by Crippen LogP contribution is -2.63. The Kier molecular flexibility index (Phi) is 3.10. The fraction of sp³-hybridized carbons (Fsp3) is 0.353. The second kappa shape index (κ2) is 4.93. The van der Waals surface area contributed by atoms with E-state index in [9.17, 15) is 0 Å². The Bertz CT molecular complexity index is 779. The standard InChI is InChI=1S/C17H18N4OSi/c1-23(2)15-6-4-3-5-13(15)17(9-12(11-22-17)20-21-18)14-10-19-8-7-16(14)23/h3-8,10,12H,9,11H2,1-2H3. The normalized spacial score (nSPS) is 27.1. The number of benzene rings is 1. The van der Waals surface area contributed by atoms with Crippen molar-refractivity contribution in [3.63, 3.8) is 0 Å². The van der Waals surface area contributed by atoms with Gasteiger partial charge >= 0.3 is 0 Å². The minimum Gasteiger partial charge on any atom is -0.365 e. The summed E-state index contributed by atoms with van der Waals surface area (Å²) in [5, 5.41) is 6.67. The van der Waals surface area contributed by atoms with Crippen molar-refractivity contribution in [2.24, 2.45) is 5.11 Å². The maximum absolute atomic E-state index is 8.78. The third-order valence-electron chi connectivity index (χ3n) is 5.23. The van der Waals surface area contributed by atoms with Gasteiger partial charge in [-0.05, 0) is 34.0 Å². The minimum atomic E-state index is -1.79. The fourth-order valence-corrected chi connectivity index (χ4v) is 7.34. The number of fused-ring (bicyclic) bond motifs is 4. The van der Waals surface area contributed by atoms with E-state index in [4.69, 9.17) is 10.3 Å². The molecule has 1 fully saturated rings. The Morgan fingerprint density at radius 1 is 1.26 bits per heavy atom. The minimum absolute atomic E-state index is 0.135. The van der Waals surface area contributed by atoms with Crippen LogP contribution in [0.25, 0.3) is 10.4 Å². The maximum atomic E-state index is 8.78. The molecule has 1 saturated heterocycles. The largest absolute Gasteiger partial charge is 0.365 e. The van der Waals surface area contributed by atoms with E-state index in [1.165, 1.54) is 15.9 Å². The summed E-state index contributed by atoms with van der Waals surface area (Å²) in [7, 11) is -1.79. The van der Waals surface area contributed by atoms with Gasteiger partial charge in [0.1, 0.15) is 13.7 Å². The van der Waals surface area contributed by atoms with Gasteiger partial charge in [-0.2, -0.15) is 0 Å². The van der Waals surface area contributed by atoms with Crippen molar-refractivity contribution < 1.29 is 4.74 Å². The molecular formula is C17H18N4OSi. The van der Waals surface area contributed by atoms with Crippen LogP contribution in [0.5, 0.6) is 0 Å². The molecule has 23 heavy (non-hydrogen) atoms. The quantitative estimate of drug-likeness (QED) is 0.350. The topological polar surface area (TPSA) is 70.9 Å². The molecule has 0 N–H and O–H groups in total. The summed E-state index contributed by atoms with van der Waals surface area (Å²) in [5.74, 6) is 0. The second-order valence-corrected chi connectivity index (χ2v) is 11.1. The molecule has 3 heterocycles. The summed E-state index contributed by atoms with van der Waals surface area (Å²) in [6.07, 6.45) is 4.49. The summed E-state index contributed by atoms with van der Waals surface area (Å²) >= 11 is 0. The van der Waals surface area contributed by atoms with Crippen molar-refractivity contribution in [2.75, 3.05) is 6.61 Å². The van der Waals surface area contributed by atoms with Gasteiger partial charge in [-0.1, -0.05) is 42.5 Å². The summed E-state index contributed by atoms with van der Waals surface area (Å²) in [5.41, 5.74) is 10.6. The fourth-order valence-electron chi connectivity index (χ4n) is 4.14. The lowest BCUT2D eigenvalue weighted by atomic mass is 9.83. The number of azide groups is 1. The molecule has 4 rings (SSSR count). The summed E-state index contributed by atoms with van der Waals surface area (Å²) < 4.78 is 6.31. The Hall–Kier alpha value is -2.14. The van der Waals surface area contributed by atoms with Crippen LogP contribution in [0.15, 0.2) is 47.8 Å². The lowest BCUT2D eigenvalue weighted by molar-refractivity contribution is 0.0362. The number of hydrogen-bond donors (Lipinski definition) is 0. The van der Waals surface area contributed by atoms with E-state index in [0.29, 0.717) is 13.0 Å². The summed E-state index contributed by atoms with van der Waals surface area (Å²) in [6.45, 7) is 5.20. The molecule has 5 nitrogen and oxygen atoms in total. The highest BCUT2D eigenvalue weighted by Crippen LogP contribution is 2.44. The molecule has 2 aromatic rings.